The maximum Gasteiger partial charge on any atom is 0.162 e. The monoisotopic (exact) mass is 536 g/mol. The molecule has 6 rings (SSSR count). The highest BCUT2D eigenvalue weighted by atomic mass is 16.5. The Bertz CT molecular complexity index is 1070. The molecule has 0 radical (unpaired) electrons. The Morgan fingerprint density at radius 2 is 1.16 bits per heavy atom. The first kappa shape index (κ1) is 26.6. The van der Waals surface area contributed by atoms with E-state index >= 15 is 0 Å². The smallest absolute Gasteiger partial charge is 0.162 e. The SMILES string of the molecule is OC[C@H]1O[C@@H](n2cnc3c2N=CNC[C@H]3O)C[C@@H]1O.OC[C@H]1O[C@@H](n2cnc3c2N=CNC[C@H]3O)C[C@@H]1O. The summed E-state index contributed by atoms with van der Waals surface area (Å²) in [7, 11) is 0. The van der Waals surface area contributed by atoms with Crippen LogP contribution in [0, 0.1) is 0 Å². The van der Waals surface area contributed by atoms with E-state index < -0.39 is 49.1 Å². The molecular weight excluding hydrogens is 504 g/mol. The standard InChI is InChI=1S/2C11H16N4O4/c2*16-3-8-6(17)1-9(19-8)15-5-14-10-7(18)2-12-4-13-11(10)15/h2*4-9,16-18H,1-3H2,(H,12,13)/t2*6-,7+,8+,9+/m00/s1. The number of fused-ring (bicyclic) bond motifs is 2. The largest absolute Gasteiger partial charge is 0.394 e. The first-order valence-corrected chi connectivity index (χ1v) is 12.3. The molecule has 2 fully saturated rings. The highest BCUT2D eigenvalue weighted by Crippen LogP contribution is 2.36. The number of nitrogens with one attached hydrogen (secondary N) is 2. The molecule has 0 aromatic carbocycles. The van der Waals surface area contributed by atoms with Gasteiger partial charge < -0.3 is 50.7 Å². The van der Waals surface area contributed by atoms with E-state index in [4.69, 9.17) is 19.7 Å². The highest BCUT2D eigenvalue weighted by molar-refractivity contribution is 5.63. The number of aliphatic imine (C=N–C) groups is 2. The number of aliphatic hydroxyl groups is 6. The number of hydrogen-bond acceptors (Lipinski definition) is 14. The Labute approximate surface area is 216 Å². The van der Waals surface area contributed by atoms with Crippen LogP contribution < -0.4 is 10.6 Å². The molecule has 6 heterocycles. The summed E-state index contributed by atoms with van der Waals surface area (Å²) in [5, 5.41) is 63.2. The van der Waals surface area contributed by atoms with E-state index in [0.29, 0.717) is 49.0 Å². The molecule has 0 unspecified atom stereocenters. The van der Waals surface area contributed by atoms with Gasteiger partial charge in [-0.1, -0.05) is 0 Å². The van der Waals surface area contributed by atoms with Crippen molar-refractivity contribution in [1.29, 1.82) is 0 Å². The molecule has 8 N–H and O–H groups in total. The lowest BCUT2D eigenvalue weighted by Crippen LogP contribution is -2.24. The van der Waals surface area contributed by atoms with E-state index in [-0.39, 0.29) is 13.2 Å². The molecule has 2 aromatic heterocycles. The second-order valence-corrected chi connectivity index (χ2v) is 9.32. The van der Waals surface area contributed by atoms with Crippen LogP contribution in [0.5, 0.6) is 0 Å². The third-order valence-electron chi connectivity index (χ3n) is 6.79. The molecule has 16 heteroatoms. The van der Waals surface area contributed by atoms with Crippen LogP contribution in [-0.4, -0.2) is 113 Å². The average molecular weight is 537 g/mol. The van der Waals surface area contributed by atoms with Crippen LogP contribution in [0.25, 0.3) is 0 Å². The molecule has 208 valence electrons. The van der Waals surface area contributed by atoms with Crippen molar-refractivity contribution in [3.63, 3.8) is 0 Å². The number of ether oxygens (including phenoxy) is 2. The van der Waals surface area contributed by atoms with Gasteiger partial charge in [-0.15, -0.1) is 0 Å². The molecule has 4 aliphatic heterocycles. The third-order valence-corrected chi connectivity index (χ3v) is 6.79. The Balaban J connectivity index is 0.000000155. The van der Waals surface area contributed by atoms with Gasteiger partial charge in [-0.05, 0) is 0 Å². The predicted octanol–water partition coefficient (Wildman–Crippen LogP) is -2.36. The zero-order valence-electron chi connectivity index (χ0n) is 20.4. The van der Waals surface area contributed by atoms with Crippen LogP contribution in [0.15, 0.2) is 22.6 Å². The van der Waals surface area contributed by atoms with E-state index in [1.165, 1.54) is 25.3 Å². The Kier molecular flexibility index (Phi) is 8.01. The lowest BCUT2D eigenvalue weighted by atomic mass is 10.2. The number of β-amino-alcohol motifs (C(OH)–C–C–N with tert-alkyl or cyclic N) is 2. The Hall–Kier alpha value is -2.96. The van der Waals surface area contributed by atoms with Crippen molar-refractivity contribution < 1.29 is 40.1 Å². The maximum atomic E-state index is 9.90. The molecular formula is C22H32N8O8. The molecule has 0 amide bonds. The predicted molar refractivity (Wildman–Crippen MR) is 130 cm³/mol. The quantitative estimate of drug-likeness (QED) is 0.205. The first-order chi connectivity index (χ1) is 18.4. The molecule has 0 aliphatic carbocycles. The van der Waals surface area contributed by atoms with Crippen LogP contribution >= 0.6 is 0 Å². The van der Waals surface area contributed by atoms with E-state index in [0.717, 1.165) is 0 Å². The van der Waals surface area contributed by atoms with Gasteiger partial charge in [0, 0.05) is 25.9 Å². The van der Waals surface area contributed by atoms with Gasteiger partial charge in [0.25, 0.3) is 0 Å². The normalized spacial score (nSPS) is 33.8. The second kappa shape index (κ2) is 11.4. The number of imidazole rings is 2. The molecule has 2 aromatic rings. The summed E-state index contributed by atoms with van der Waals surface area (Å²) in [6, 6.07) is 0. The van der Waals surface area contributed by atoms with E-state index in [1.807, 2.05) is 0 Å². The van der Waals surface area contributed by atoms with Gasteiger partial charge in [-0.3, -0.25) is 9.13 Å². The van der Waals surface area contributed by atoms with Gasteiger partial charge in [0.15, 0.2) is 11.6 Å². The Morgan fingerprint density at radius 1 is 0.737 bits per heavy atom. The molecule has 0 bridgehead atoms. The average Bonchev–Trinajstić information content (AvgIpc) is 3.65. The zero-order valence-corrected chi connectivity index (χ0v) is 20.4. The van der Waals surface area contributed by atoms with Crippen molar-refractivity contribution in [3.8, 4) is 0 Å². The minimum absolute atomic E-state index is 0.234. The van der Waals surface area contributed by atoms with Gasteiger partial charge in [-0.2, -0.15) is 0 Å². The van der Waals surface area contributed by atoms with E-state index in [2.05, 4.69) is 30.6 Å². The molecule has 38 heavy (non-hydrogen) atoms. The molecule has 4 aliphatic rings. The van der Waals surface area contributed by atoms with Gasteiger partial charge in [0.2, 0.25) is 0 Å². The fraction of sp³-hybridized carbons (Fsp3) is 0.636. The van der Waals surface area contributed by atoms with Crippen molar-refractivity contribution >= 4 is 24.3 Å². The fourth-order valence-electron chi connectivity index (χ4n) is 4.73. The molecule has 2 saturated heterocycles. The number of aromatic nitrogens is 4. The van der Waals surface area contributed by atoms with Crippen molar-refractivity contribution in [2.24, 2.45) is 9.98 Å². The van der Waals surface area contributed by atoms with Gasteiger partial charge in [0.1, 0.15) is 48.3 Å². The van der Waals surface area contributed by atoms with Crippen LogP contribution in [-0.2, 0) is 9.47 Å². The van der Waals surface area contributed by atoms with Gasteiger partial charge in [0.05, 0.1) is 50.8 Å². The summed E-state index contributed by atoms with van der Waals surface area (Å²) >= 11 is 0. The first-order valence-electron chi connectivity index (χ1n) is 12.3. The number of aliphatic hydroxyl groups excluding tert-OH is 6. The fourth-order valence-corrected chi connectivity index (χ4v) is 4.73. The second-order valence-electron chi connectivity index (χ2n) is 9.32. The summed E-state index contributed by atoms with van der Waals surface area (Å²) in [6.45, 7) is 0.228. The lowest BCUT2D eigenvalue weighted by Gasteiger charge is -2.14. The number of hydrogen-bond donors (Lipinski definition) is 8. The van der Waals surface area contributed by atoms with Crippen LogP contribution in [0.1, 0.15) is 48.9 Å². The van der Waals surface area contributed by atoms with Crippen molar-refractivity contribution in [1.82, 2.24) is 29.7 Å². The topological polar surface area (TPSA) is 224 Å². The third kappa shape index (κ3) is 5.16. The number of nitrogens with zero attached hydrogens (tertiary/aromatic N) is 6. The van der Waals surface area contributed by atoms with Gasteiger partial charge in [-0.25, -0.2) is 20.0 Å². The summed E-state index contributed by atoms with van der Waals surface area (Å²) in [5.74, 6) is 1.02. The highest BCUT2D eigenvalue weighted by Gasteiger charge is 2.37. The summed E-state index contributed by atoms with van der Waals surface area (Å²) in [6.07, 6.45) is 1.80. The van der Waals surface area contributed by atoms with Crippen molar-refractivity contribution in [2.45, 2.75) is 61.9 Å². The minimum Gasteiger partial charge on any atom is -0.394 e. The summed E-state index contributed by atoms with van der Waals surface area (Å²) in [4.78, 5) is 16.7. The summed E-state index contributed by atoms with van der Waals surface area (Å²) < 4.78 is 14.4. The minimum atomic E-state index is -0.737. The molecule has 0 saturated carbocycles. The molecule has 16 nitrogen and oxygen atoms in total. The van der Waals surface area contributed by atoms with Crippen molar-refractivity contribution in [2.75, 3.05) is 26.3 Å². The van der Waals surface area contributed by atoms with E-state index in [9.17, 15) is 20.4 Å². The van der Waals surface area contributed by atoms with Crippen LogP contribution in [0.2, 0.25) is 0 Å². The lowest BCUT2D eigenvalue weighted by molar-refractivity contribution is -0.0438. The van der Waals surface area contributed by atoms with E-state index in [1.54, 1.807) is 9.13 Å². The van der Waals surface area contributed by atoms with Crippen LogP contribution in [0.4, 0.5) is 11.6 Å². The number of rotatable bonds is 4. The van der Waals surface area contributed by atoms with Crippen LogP contribution in [0.3, 0.4) is 0 Å². The zero-order chi connectivity index (χ0) is 26.8. The molecule has 8 atom stereocenters. The molecule has 0 spiro atoms. The van der Waals surface area contributed by atoms with Gasteiger partial charge >= 0.3 is 0 Å². The van der Waals surface area contributed by atoms with Crippen molar-refractivity contribution in [3.05, 3.63) is 24.0 Å². The Morgan fingerprint density at radius 3 is 1.53 bits per heavy atom. The summed E-state index contributed by atoms with van der Waals surface area (Å²) in [5.41, 5.74) is 0.957. The maximum absolute atomic E-state index is 9.90.